The van der Waals surface area contributed by atoms with Gasteiger partial charge in [0.2, 0.25) is 6.08 Å². The summed E-state index contributed by atoms with van der Waals surface area (Å²) in [5.74, 6) is -1.61. The molecule has 2 amide bonds. The lowest BCUT2D eigenvalue weighted by Crippen LogP contribution is -2.44. The molecule has 0 spiro atoms. The first-order valence-electron chi connectivity index (χ1n) is 24.2. The van der Waals surface area contributed by atoms with Gasteiger partial charge in [-0.15, -0.1) is 0 Å². The summed E-state index contributed by atoms with van der Waals surface area (Å²) in [7, 11) is -7.00. The highest BCUT2D eigenvalue weighted by atomic mass is 28.4. The molecule has 22 nitrogen and oxygen atoms in total. The summed E-state index contributed by atoms with van der Waals surface area (Å²) in [6.45, 7) is 32.8. The van der Waals surface area contributed by atoms with Crippen LogP contribution in [-0.4, -0.2) is 198 Å². The molecule has 0 aromatic carbocycles. The van der Waals surface area contributed by atoms with Gasteiger partial charge in [-0.3, -0.25) is 0 Å². The number of carbonyl (C=O) groups excluding carboxylic acids is 6. The number of amides is 2. The quantitative estimate of drug-likeness (QED) is 0.0113. The number of hydrogen-bond acceptors (Lipinski definition) is 20. The van der Waals surface area contributed by atoms with E-state index in [2.05, 4.69) is 92.5 Å². The topological polar surface area (TPSA) is 281 Å². The van der Waals surface area contributed by atoms with E-state index in [1.165, 1.54) is 6.08 Å². The number of isocyanates is 1. The Kier molecular flexibility index (Phi) is 47.1. The van der Waals surface area contributed by atoms with E-state index in [4.69, 9.17) is 56.3 Å². The minimum absolute atomic E-state index is 0.0452. The first-order chi connectivity index (χ1) is 34.0. The lowest BCUT2D eigenvalue weighted by Gasteiger charge is -2.34. The normalized spacial score (nSPS) is 11.2. The molecule has 0 rings (SSSR count). The number of esters is 3. The Balaban J connectivity index is -0.00000126. The first kappa shape index (κ1) is 72.3. The van der Waals surface area contributed by atoms with Crippen LogP contribution in [0.1, 0.15) is 25.7 Å². The smallest absolute Gasteiger partial charge is 0.407 e. The molecule has 72 heavy (non-hydrogen) atoms. The van der Waals surface area contributed by atoms with Gasteiger partial charge in [-0.25, -0.2) is 33.8 Å². The van der Waals surface area contributed by atoms with Crippen molar-refractivity contribution in [1.82, 2.24) is 10.6 Å². The number of hydrogen-bond donors (Lipinski definition) is 4. The molecule has 4 N–H and O–H groups in total. The molecule has 0 aliphatic carbocycles. The zero-order valence-electron chi connectivity index (χ0n) is 44.5. The Hall–Kier alpha value is -3.90. The molecular weight excluding hydrogens is 1010 g/mol. The summed E-state index contributed by atoms with van der Waals surface area (Å²) in [4.78, 5) is 67.8. The molecule has 0 bridgehead atoms. The number of rotatable bonds is 42. The number of alkyl carbamates (subject to hydrolysis) is 2. The van der Waals surface area contributed by atoms with E-state index in [-0.39, 0.29) is 65.9 Å². The summed E-state index contributed by atoms with van der Waals surface area (Å²) >= 11 is 0. The summed E-state index contributed by atoms with van der Waals surface area (Å²) in [5.41, 5.74) is 0. The van der Waals surface area contributed by atoms with Crippen molar-refractivity contribution >= 4 is 69.4 Å². The van der Waals surface area contributed by atoms with Crippen LogP contribution >= 0.6 is 0 Å². The van der Waals surface area contributed by atoms with Crippen LogP contribution in [0, 0.1) is 0 Å². The van der Waals surface area contributed by atoms with E-state index in [0.29, 0.717) is 52.9 Å². The molecule has 0 radical (unpaired) electrons. The third-order valence-electron chi connectivity index (χ3n) is 9.01. The van der Waals surface area contributed by atoms with Crippen LogP contribution < -0.4 is 10.6 Å². The van der Waals surface area contributed by atoms with Crippen molar-refractivity contribution in [2.45, 2.75) is 102 Å². The van der Waals surface area contributed by atoms with Gasteiger partial charge in [-0.2, -0.15) is 0 Å². The summed E-state index contributed by atoms with van der Waals surface area (Å²) in [6.07, 6.45) is 7.01. The van der Waals surface area contributed by atoms with Gasteiger partial charge in [0, 0.05) is 44.7 Å². The van der Waals surface area contributed by atoms with Crippen molar-refractivity contribution in [2.24, 2.45) is 4.99 Å². The molecule has 26 heteroatoms. The van der Waals surface area contributed by atoms with Crippen LogP contribution in [0.2, 0.25) is 76.6 Å². The standard InChI is InChI=1S/C26H48N2O11Si2.C14H34O5Si2.C6H7NO3/c1-7-23(29)35-15-11-27-25(31)37-19-17-33-13-9-21-40(3,4)39-41(5,6)22-10-14-34-18-20-38-26(32)28-12-16-36-24(30)8-2;1-20(2,13-5-9-17-11-7-15)19-21(3,4)14-6-10-18-12-8-16;1-2-6(9)10-4-3-7-5-8/h7-8H,1-2,9-22H2,3-6H3,(H,27,31)(H,28,32);15-16H,5-14H2,1-4H3;2H,1,3-4H2. The lowest BCUT2D eigenvalue weighted by atomic mass is 10.5. The van der Waals surface area contributed by atoms with E-state index in [9.17, 15) is 28.8 Å². The van der Waals surface area contributed by atoms with Gasteiger partial charge in [0.25, 0.3) is 0 Å². The van der Waals surface area contributed by atoms with Gasteiger partial charge in [0.05, 0.1) is 59.3 Å². The predicted octanol–water partition coefficient (Wildman–Crippen LogP) is 5.40. The Morgan fingerprint density at radius 3 is 1.06 bits per heavy atom. The van der Waals surface area contributed by atoms with E-state index < -0.39 is 63.4 Å². The van der Waals surface area contributed by atoms with Crippen molar-refractivity contribution in [3.63, 3.8) is 0 Å². The molecule has 0 aliphatic heterocycles. The van der Waals surface area contributed by atoms with Gasteiger partial charge in [0.15, 0.2) is 33.3 Å². The molecule has 0 fully saturated rings. The van der Waals surface area contributed by atoms with Gasteiger partial charge >= 0.3 is 30.1 Å². The zero-order valence-corrected chi connectivity index (χ0v) is 48.5. The van der Waals surface area contributed by atoms with Gasteiger partial charge in [-0.1, -0.05) is 19.7 Å². The Labute approximate surface area is 432 Å². The molecule has 0 atom stereocenters. The van der Waals surface area contributed by atoms with Crippen LogP contribution in [0.3, 0.4) is 0 Å². The number of aliphatic imine (C=N–C) groups is 1. The number of nitrogens with one attached hydrogen (secondary N) is 2. The van der Waals surface area contributed by atoms with E-state index >= 15 is 0 Å². The number of aliphatic hydroxyl groups excluding tert-OH is 2. The van der Waals surface area contributed by atoms with Crippen molar-refractivity contribution in [1.29, 1.82) is 0 Å². The second-order valence-corrected chi connectivity index (χ2v) is 35.5. The maximum Gasteiger partial charge on any atom is 0.407 e. The van der Waals surface area contributed by atoms with Crippen molar-refractivity contribution in [2.75, 3.05) is 119 Å². The van der Waals surface area contributed by atoms with Gasteiger partial charge in [0.1, 0.15) is 33.0 Å². The third kappa shape index (κ3) is 53.9. The fraction of sp³-hybridized carbons (Fsp3) is 0.739. The van der Waals surface area contributed by atoms with Crippen molar-refractivity contribution in [3.8, 4) is 0 Å². The van der Waals surface area contributed by atoms with Gasteiger partial charge < -0.3 is 71.7 Å². The van der Waals surface area contributed by atoms with Crippen molar-refractivity contribution in [3.05, 3.63) is 38.0 Å². The number of nitrogens with zero attached hydrogens (tertiary/aromatic N) is 1. The molecule has 0 aliphatic rings. The lowest BCUT2D eigenvalue weighted by molar-refractivity contribution is -0.138. The zero-order chi connectivity index (χ0) is 55.0. The van der Waals surface area contributed by atoms with Crippen LogP contribution in [-0.2, 0) is 70.0 Å². The number of ether oxygens (including phenoxy) is 9. The SMILES string of the molecule is C=CC(=O)OCCN=C=O.C=CC(=O)OCCNC(=O)OCCOCCC[Si](C)(C)O[Si](C)(C)CCCOCCOC(=O)NCCOC(=O)C=C.C[Si](C)(CCCOCCO)O[Si](C)(C)CCCOCCO. The van der Waals surface area contributed by atoms with E-state index in [1.54, 1.807) is 0 Å². The van der Waals surface area contributed by atoms with Crippen LogP contribution in [0.25, 0.3) is 0 Å². The fourth-order valence-electron chi connectivity index (χ4n) is 6.15. The summed E-state index contributed by atoms with van der Waals surface area (Å²) in [6, 6.07) is 4.10. The van der Waals surface area contributed by atoms with E-state index in [0.717, 1.165) is 68.1 Å². The monoisotopic (exact) mass is 1100 g/mol. The van der Waals surface area contributed by atoms with Crippen molar-refractivity contribution < 1.29 is 89.8 Å². The number of carbonyl (C=O) groups is 5. The van der Waals surface area contributed by atoms with Crippen LogP contribution in [0.5, 0.6) is 0 Å². The molecule has 0 heterocycles. The molecule has 0 unspecified atom stereocenters. The highest BCUT2D eigenvalue weighted by molar-refractivity contribution is 6.85. The minimum Gasteiger partial charge on any atom is -0.461 e. The average molecular weight is 1100 g/mol. The Morgan fingerprint density at radius 1 is 0.458 bits per heavy atom. The maximum atomic E-state index is 11.5. The Morgan fingerprint density at radius 2 is 0.764 bits per heavy atom. The second kappa shape index (κ2) is 46.9. The second-order valence-electron chi connectivity index (χ2n) is 17.8. The maximum absolute atomic E-state index is 11.5. The minimum atomic E-state index is -1.86. The highest BCUT2D eigenvalue weighted by Crippen LogP contribution is 2.25. The fourth-order valence-corrected chi connectivity index (χ4v) is 23.7. The average Bonchev–Trinajstić information content (AvgIpc) is 3.31. The molecular formula is C46H89N3O19Si4. The number of aliphatic hydroxyl groups is 2. The molecule has 418 valence electrons. The third-order valence-corrected chi connectivity index (χ3v) is 24.1. The van der Waals surface area contributed by atoms with Crippen LogP contribution in [0.15, 0.2) is 43.0 Å². The largest absolute Gasteiger partial charge is 0.461 e. The highest BCUT2D eigenvalue weighted by Gasteiger charge is 2.33. The Bertz CT molecular complexity index is 1450. The first-order valence-corrected chi connectivity index (χ1v) is 36.7. The van der Waals surface area contributed by atoms with Gasteiger partial charge in [-0.05, 0) is 102 Å². The molecule has 0 aromatic heterocycles. The molecule has 0 saturated carbocycles. The summed E-state index contributed by atoms with van der Waals surface area (Å²) in [5, 5.41) is 22.3. The predicted molar refractivity (Wildman–Crippen MR) is 282 cm³/mol. The van der Waals surface area contributed by atoms with E-state index in [1.807, 2.05) is 0 Å². The molecule has 0 saturated heterocycles. The molecule has 0 aromatic rings. The summed E-state index contributed by atoms with van der Waals surface area (Å²) < 4.78 is 58.8. The van der Waals surface area contributed by atoms with Crippen LogP contribution in [0.4, 0.5) is 9.59 Å².